The Balaban J connectivity index is 1.77. The van der Waals surface area contributed by atoms with Crippen molar-refractivity contribution in [2.24, 2.45) is 0 Å². The number of fused-ring (bicyclic) bond motifs is 1. The van der Waals surface area contributed by atoms with E-state index in [2.05, 4.69) is 20.3 Å². The fraction of sp³-hybridized carbons (Fsp3) is 0.0500. The van der Waals surface area contributed by atoms with Gasteiger partial charge in [0.25, 0.3) is 0 Å². The van der Waals surface area contributed by atoms with Crippen LogP contribution in [0.15, 0.2) is 48.9 Å². The Bertz CT molecular complexity index is 1300. The van der Waals surface area contributed by atoms with Crippen LogP contribution < -0.4 is 11.1 Å². The van der Waals surface area contributed by atoms with Crippen LogP contribution >= 0.6 is 0 Å². The smallest absolute Gasteiger partial charge is 0.396 e. The van der Waals surface area contributed by atoms with Crippen LogP contribution in [-0.4, -0.2) is 20.7 Å². The largest absolute Gasteiger partial charge is 0.416 e. The van der Waals surface area contributed by atoms with E-state index in [1.807, 2.05) is 0 Å². The second-order valence-electron chi connectivity index (χ2n) is 6.50. The van der Waals surface area contributed by atoms with E-state index in [9.17, 15) is 26.7 Å². The van der Waals surface area contributed by atoms with Gasteiger partial charge in [0, 0.05) is 11.9 Å². The summed E-state index contributed by atoms with van der Waals surface area (Å²) in [6, 6.07) is 5.99. The fourth-order valence-corrected chi connectivity index (χ4v) is 3.03. The second-order valence-corrected chi connectivity index (χ2v) is 6.50. The zero-order chi connectivity index (χ0) is 22.3. The topological polar surface area (TPSA) is 96.7 Å². The maximum Gasteiger partial charge on any atom is 0.416 e. The number of nitrogens with one attached hydrogen (secondary N) is 2. The Labute approximate surface area is 170 Å². The van der Waals surface area contributed by atoms with Gasteiger partial charge in [-0.1, -0.05) is 0 Å². The zero-order valence-electron chi connectivity index (χ0n) is 15.4. The number of nitrogens with zero attached hydrogens (tertiary/aromatic N) is 2. The summed E-state index contributed by atoms with van der Waals surface area (Å²) in [5.74, 6) is -3.24. The van der Waals surface area contributed by atoms with Crippen LogP contribution in [0.4, 0.5) is 39.1 Å². The van der Waals surface area contributed by atoms with Crippen molar-refractivity contribution in [3.63, 3.8) is 0 Å². The molecule has 0 amide bonds. The van der Waals surface area contributed by atoms with Crippen LogP contribution in [0.25, 0.3) is 11.0 Å². The lowest BCUT2D eigenvalue weighted by Gasteiger charge is -2.11. The molecule has 4 N–H and O–H groups in total. The van der Waals surface area contributed by atoms with Crippen LogP contribution in [0.1, 0.15) is 21.5 Å². The number of nitrogens with two attached hydrogens (primary N) is 1. The van der Waals surface area contributed by atoms with E-state index >= 15 is 0 Å². The first-order valence-corrected chi connectivity index (χ1v) is 8.71. The number of carbonyl (C=O) groups is 1. The lowest BCUT2D eigenvalue weighted by molar-refractivity contribution is -0.137. The highest BCUT2D eigenvalue weighted by molar-refractivity contribution is 6.18. The maximum absolute atomic E-state index is 14.4. The highest BCUT2D eigenvalue weighted by Gasteiger charge is 2.30. The molecule has 2 aromatic carbocycles. The maximum atomic E-state index is 14.4. The number of hydrogen-bond donors (Lipinski definition) is 3. The van der Waals surface area contributed by atoms with Crippen molar-refractivity contribution in [1.29, 1.82) is 0 Å². The molecule has 0 spiro atoms. The van der Waals surface area contributed by atoms with Gasteiger partial charge in [0.05, 0.1) is 27.8 Å². The van der Waals surface area contributed by atoms with Gasteiger partial charge in [-0.3, -0.25) is 4.79 Å². The minimum atomic E-state index is -4.49. The minimum absolute atomic E-state index is 0.0547. The van der Waals surface area contributed by atoms with E-state index in [0.717, 1.165) is 30.6 Å². The summed E-state index contributed by atoms with van der Waals surface area (Å²) >= 11 is 0. The van der Waals surface area contributed by atoms with Crippen LogP contribution in [-0.2, 0) is 6.18 Å². The molecule has 4 rings (SSSR count). The molecule has 0 radical (unpaired) electrons. The lowest BCUT2D eigenvalue weighted by Crippen LogP contribution is -2.10. The predicted octanol–water partition coefficient (Wildman–Crippen LogP) is 4.81. The summed E-state index contributed by atoms with van der Waals surface area (Å²) < 4.78 is 66.8. The van der Waals surface area contributed by atoms with Gasteiger partial charge in [0.2, 0.25) is 5.78 Å². The predicted molar refractivity (Wildman–Crippen MR) is 103 cm³/mol. The molecule has 0 saturated carbocycles. The van der Waals surface area contributed by atoms with Crippen molar-refractivity contribution in [2.75, 3.05) is 11.1 Å². The molecule has 6 nitrogen and oxygen atoms in total. The van der Waals surface area contributed by atoms with Crippen molar-refractivity contribution in [3.05, 3.63) is 77.2 Å². The van der Waals surface area contributed by atoms with Gasteiger partial charge < -0.3 is 16.0 Å². The van der Waals surface area contributed by atoms with Gasteiger partial charge in [-0.2, -0.15) is 13.2 Å². The molecule has 0 atom stereocenters. The summed E-state index contributed by atoms with van der Waals surface area (Å²) in [5, 5.41) is 2.90. The van der Waals surface area contributed by atoms with Crippen LogP contribution in [0.2, 0.25) is 0 Å². The van der Waals surface area contributed by atoms with Crippen molar-refractivity contribution >= 4 is 34.0 Å². The molecule has 2 heterocycles. The van der Waals surface area contributed by atoms with E-state index in [1.165, 1.54) is 18.3 Å². The minimum Gasteiger partial charge on any atom is -0.396 e. The van der Waals surface area contributed by atoms with Crippen LogP contribution in [0, 0.1) is 11.6 Å². The second kappa shape index (κ2) is 7.35. The molecule has 11 heteroatoms. The molecule has 0 aliphatic carbocycles. The average Bonchev–Trinajstić information content (AvgIpc) is 3.16. The number of H-pyrrole nitrogens is 1. The van der Waals surface area contributed by atoms with Crippen molar-refractivity contribution in [2.45, 2.75) is 6.18 Å². The number of nitrogen functional groups attached to an aromatic ring is 1. The number of anilines is 3. The first kappa shape index (κ1) is 20.3. The summed E-state index contributed by atoms with van der Waals surface area (Å²) in [6.45, 7) is 0. The van der Waals surface area contributed by atoms with Crippen molar-refractivity contribution in [3.8, 4) is 0 Å². The normalized spacial score (nSPS) is 11.6. The first-order chi connectivity index (χ1) is 14.7. The van der Waals surface area contributed by atoms with Gasteiger partial charge >= 0.3 is 6.18 Å². The van der Waals surface area contributed by atoms with E-state index in [-0.39, 0.29) is 28.1 Å². The number of benzene rings is 2. The number of aromatic amines is 1. The third-order valence-electron chi connectivity index (χ3n) is 4.54. The van der Waals surface area contributed by atoms with Gasteiger partial charge in [0.1, 0.15) is 23.6 Å². The van der Waals surface area contributed by atoms with Crippen molar-refractivity contribution < 1.29 is 26.7 Å². The summed E-state index contributed by atoms with van der Waals surface area (Å²) in [4.78, 5) is 23.6. The Morgan fingerprint density at radius 2 is 1.74 bits per heavy atom. The Kier molecular flexibility index (Phi) is 4.80. The quantitative estimate of drug-likeness (QED) is 0.244. The molecule has 31 heavy (non-hydrogen) atoms. The summed E-state index contributed by atoms with van der Waals surface area (Å²) in [6.07, 6.45) is -2.13. The molecular formula is C20H12F5N5O. The number of halogens is 5. The third kappa shape index (κ3) is 3.65. The summed E-state index contributed by atoms with van der Waals surface area (Å²) in [5.41, 5.74) is 3.65. The SMILES string of the molecule is Nc1ccc(F)c(C(=O)c2c[nH]c3ncnc(Nc4ccc(C(F)(F)F)cc4)c23)c1F. The third-order valence-corrected chi connectivity index (χ3v) is 4.54. The molecule has 2 aromatic heterocycles. The number of alkyl halides is 3. The van der Waals surface area contributed by atoms with Gasteiger partial charge in [-0.05, 0) is 36.4 Å². The molecule has 158 valence electrons. The highest BCUT2D eigenvalue weighted by Crippen LogP contribution is 2.32. The van der Waals surface area contributed by atoms with Gasteiger partial charge in [0.15, 0.2) is 5.82 Å². The van der Waals surface area contributed by atoms with E-state index in [0.29, 0.717) is 0 Å². The molecule has 0 aliphatic rings. The average molecular weight is 433 g/mol. The number of rotatable bonds is 4. The standard InChI is InChI=1S/C20H12F5N5O/c21-12-5-6-13(26)16(22)15(12)17(31)11-7-27-18-14(11)19(29-8-28-18)30-10-3-1-9(2-4-10)20(23,24)25/h1-8H,26H2,(H2,27,28,29,30). The zero-order valence-corrected chi connectivity index (χ0v) is 15.4. The number of carbonyl (C=O) groups excluding carboxylic acids is 1. The molecule has 0 bridgehead atoms. The molecule has 0 saturated heterocycles. The fourth-order valence-electron chi connectivity index (χ4n) is 3.03. The number of hydrogen-bond acceptors (Lipinski definition) is 5. The Morgan fingerprint density at radius 1 is 1.03 bits per heavy atom. The van der Waals surface area contributed by atoms with E-state index in [1.54, 1.807) is 0 Å². The summed E-state index contributed by atoms with van der Waals surface area (Å²) in [7, 11) is 0. The Morgan fingerprint density at radius 3 is 2.42 bits per heavy atom. The van der Waals surface area contributed by atoms with E-state index in [4.69, 9.17) is 5.73 Å². The van der Waals surface area contributed by atoms with Crippen molar-refractivity contribution in [1.82, 2.24) is 15.0 Å². The van der Waals surface area contributed by atoms with Crippen LogP contribution in [0.3, 0.4) is 0 Å². The molecular weight excluding hydrogens is 421 g/mol. The lowest BCUT2D eigenvalue weighted by atomic mass is 10.0. The first-order valence-electron chi connectivity index (χ1n) is 8.71. The molecule has 0 aliphatic heterocycles. The number of ketones is 1. The highest BCUT2D eigenvalue weighted by atomic mass is 19.4. The molecule has 0 unspecified atom stereocenters. The molecule has 0 fully saturated rings. The van der Waals surface area contributed by atoms with Gasteiger partial charge in [-0.25, -0.2) is 18.7 Å². The van der Waals surface area contributed by atoms with E-state index < -0.39 is 40.4 Å². The van der Waals surface area contributed by atoms with Gasteiger partial charge in [-0.15, -0.1) is 0 Å². The van der Waals surface area contributed by atoms with Crippen LogP contribution in [0.5, 0.6) is 0 Å². The molecule has 4 aromatic rings. The Hall–Kier alpha value is -4.02. The monoisotopic (exact) mass is 433 g/mol. The number of aromatic nitrogens is 3.